The zero-order chi connectivity index (χ0) is 14.0. The molecule has 1 aliphatic heterocycles. The summed E-state index contributed by atoms with van der Waals surface area (Å²) >= 11 is 3.72. The van der Waals surface area contributed by atoms with E-state index in [1.807, 2.05) is 0 Å². The van der Waals surface area contributed by atoms with Crippen LogP contribution < -0.4 is 0 Å². The molecule has 4 heteroatoms. The third-order valence-corrected chi connectivity index (χ3v) is 5.60. The van der Waals surface area contributed by atoms with Gasteiger partial charge in [-0.2, -0.15) is 5.10 Å². The van der Waals surface area contributed by atoms with Crippen LogP contribution in [0.4, 0.5) is 0 Å². The van der Waals surface area contributed by atoms with Crippen molar-refractivity contribution in [1.82, 2.24) is 9.78 Å². The van der Waals surface area contributed by atoms with Crippen LogP contribution in [0.5, 0.6) is 0 Å². The predicted octanol–water partition coefficient (Wildman–Crippen LogP) is 3.79. The highest BCUT2D eigenvalue weighted by atomic mass is 79.9. The highest BCUT2D eigenvalue weighted by molar-refractivity contribution is 9.09. The van der Waals surface area contributed by atoms with E-state index in [-0.39, 0.29) is 0 Å². The van der Waals surface area contributed by atoms with Gasteiger partial charge in [-0.3, -0.25) is 4.68 Å². The molecule has 2 heterocycles. The molecule has 0 radical (unpaired) electrons. The second-order valence-corrected chi connectivity index (χ2v) is 6.26. The van der Waals surface area contributed by atoms with Gasteiger partial charge in [-0.15, -0.1) is 0 Å². The molecule has 108 valence electrons. The van der Waals surface area contributed by atoms with E-state index in [9.17, 15) is 0 Å². The smallest absolute Gasteiger partial charge is 0.0709 e. The van der Waals surface area contributed by atoms with Crippen LogP contribution in [0.1, 0.15) is 25.5 Å². The summed E-state index contributed by atoms with van der Waals surface area (Å²) < 4.78 is 7.65. The number of benzene rings is 1. The molecule has 3 rings (SSSR count). The fourth-order valence-electron chi connectivity index (χ4n) is 3.09. The van der Waals surface area contributed by atoms with Crippen LogP contribution in [0.3, 0.4) is 0 Å². The molecule has 1 fully saturated rings. The molecule has 1 aromatic heterocycles. The normalized spacial score (nSPS) is 18.5. The Hall–Kier alpha value is -0.870. The Balaban J connectivity index is 1.97. The number of alkyl halides is 1. The van der Waals surface area contributed by atoms with E-state index < -0.39 is 0 Å². The fourth-order valence-corrected chi connectivity index (χ4v) is 3.84. The lowest BCUT2D eigenvalue weighted by Crippen LogP contribution is -2.33. The molecule has 0 atom stereocenters. The largest absolute Gasteiger partial charge is 0.381 e. The van der Waals surface area contributed by atoms with Gasteiger partial charge in [0.05, 0.1) is 11.2 Å². The topological polar surface area (TPSA) is 27.1 Å². The summed E-state index contributed by atoms with van der Waals surface area (Å²) in [6, 6.07) is 8.57. The summed E-state index contributed by atoms with van der Waals surface area (Å²) in [5.41, 5.74) is 2.79. The van der Waals surface area contributed by atoms with Crippen LogP contribution in [0.25, 0.3) is 10.9 Å². The monoisotopic (exact) mass is 336 g/mol. The molecule has 0 unspecified atom stereocenters. The predicted molar refractivity (Wildman–Crippen MR) is 85.4 cm³/mol. The van der Waals surface area contributed by atoms with Gasteiger partial charge in [0.15, 0.2) is 0 Å². The lowest BCUT2D eigenvalue weighted by atomic mass is 9.78. The zero-order valence-electron chi connectivity index (χ0n) is 11.9. The number of aryl methyl sites for hydroxylation is 1. The molecule has 0 N–H and O–H groups in total. The summed E-state index contributed by atoms with van der Waals surface area (Å²) in [6.45, 7) is 4.82. The van der Waals surface area contributed by atoms with Gasteiger partial charge in [-0.05, 0) is 37.7 Å². The summed E-state index contributed by atoms with van der Waals surface area (Å²) in [7, 11) is 0. The second kappa shape index (κ2) is 5.86. The zero-order valence-corrected chi connectivity index (χ0v) is 13.5. The van der Waals surface area contributed by atoms with Crippen molar-refractivity contribution in [2.75, 3.05) is 18.5 Å². The minimum atomic E-state index is 0.300. The van der Waals surface area contributed by atoms with E-state index in [2.05, 4.69) is 51.8 Å². The molecule has 0 saturated carbocycles. The molecule has 0 bridgehead atoms. The van der Waals surface area contributed by atoms with Gasteiger partial charge in [-0.25, -0.2) is 0 Å². The van der Waals surface area contributed by atoms with Crippen molar-refractivity contribution in [3.63, 3.8) is 0 Å². The first-order valence-electron chi connectivity index (χ1n) is 7.36. The maximum atomic E-state index is 5.53. The van der Waals surface area contributed by atoms with E-state index in [1.165, 1.54) is 16.6 Å². The Morgan fingerprint density at radius 3 is 2.75 bits per heavy atom. The number of halogens is 1. The van der Waals surface area contributed by atoms with Gasteiger partial charge in [0.2, 0.25) is 0 Å². The minimum absolute atomic E-state index is 0.300. The standard InChI is InChI=1S/C16H21BrN2O/c1-2-19-15-6-4-3-5-13(15)14(18-19)11-16(12-17)7-9-20-10-8-16/h3-6H,2,7-12H2,1H3. The number of rotatable bonds is 4. The van der Waals surface area contributed by atoms with Gasteiger partial charge in [-0.1, -0.05) is 34.1 Å². The number of hydrogen-bond donors (Lipinski definition) is 0. The van der Waals surface area contributed by atoms with Gasteiger partial charge in [0, 0.05) is 30.5 Å². The fraction of sp³-hybridized carbons (Fsp3) is 0.562. The van der Waals surface area contributed by atoms with Crippen LogP contribution in [0.15, 0.2) is 24.3 Å². The van der Waals surface area contributed by atoms with Gasteiger partial charge < -0.3 is 4.74 Å². The average Bonchev–Trinajstić information content (AvgIpc) is 2.86. The highest BCUT2D eigenvalue weighted by Crippen LogP contribution is 2.37. The molecule has 20 heavy (non-hydrogen) atoms. The number of ether oxygens (including phenoxy) is 1. The Bertz CT molecular complexity index is 587. The van der Waals surface area contributed by atoms with Gasteiger partial charge >= 0.3 is 0 Å². The van der Waals surface area contributed by atoms with Crippen molar-refractivity contribution < 1.29 is 4.74 Å². The Morgan fingerprint density at radius 1 is 1.30 bits per heavy atom. The maximum absolute atomic E-state index is 5.53. The maximum Gasteiger partial charge on any atom is 0.0709 e. The third-order valence-electron chi connectivity index (χ3n) is 4.41. The molecule has 2 aromatic rings. The van der Waals surface area contributed by atoms with E-state index >= 15 is 0 Å². The number of hydrogen-bond acceptors (Lipinski definition) is 2. The molecular weight excluding hydrogens is 316 g/mol. The summed E-state index contributed by atoms with van der Waals surface area (Å²) in [5.74, 6) is 0. The van der Waals surface area contributed by atoms with Crippen molar-refractivity contribution in [1.29, 1.82) is 0 Å². The third kappa shape index (κ3) is 2.51. The minimum Gasteiger partial charge on any atom is -0.381 e. The van der Waals surface area contributed by atoms with Crippen LogP contribution in [-0.2, 0) is 17.7 Å². The first-order valence-corrected chi connectivity index (χ1v) is 8.48. The van der Waals surface area contributed by atoms with Crippen molar-refractivity contribution in [3.05, 3.63) is 30.0 Å². The Labute approximate surface area is 128 Å². The first-order chi connectivity index (χ1) is 9.78. The molecule has 1 aromatic carbocycles. The van der Waals surface area contributed by atoms with Crippen LogP contribution in [-0.4, -0.2) is 28.3 Å². The van der Waals surface area contributed by atoms with E-state index in [1.54, 1.807) is 0 Å². The number of aromatic nitrogens is 2. The van der Waals surface area contributed by atoms with Gasteiger partial charge in [0.1, 0.15) is 0 Å². The number of fused-ring (bicyclic) bond motifs is 1. The van der Waals surface area contributed by atoms with Crippen LogP contribution in [0.2, 0.25) is 0 Å². The number of nitrogens with zero attached hydrogens (tertiary/aromatic N) is 2. The SMILES string of the molecule is CCn1nc(CC2(CBr)CCOCC2)c2ccccc21. The van der Waals surface area contributed by atoms with Crippen molar-refractivity contribution in [2.45, 2.75) is 32.7 Å². The molecular formula is C16H21BrN2O. The summed E-state index contributed by atoms with van der Waals surface area (Å²) in [5, 5.41) is 7.18. The molecule has 1 aliphatic rings. The van der Waals surface area contributed by atoms with Crippen molar-refractivity contribution in [3.8, 4) is 0 Å². The second-order valence-electron chi connectivity index (χ2n) is 5.70. The summed E-state index contributed by atoms with van der Waals surface area (Å²) in [6.07, 6.45) is 3.27. The highest BCUT2D eigenvalue weighted by Gasteiger charge is 2.33. The quantitative estimate of drug-likeness (QED) is 0.794. The molecule has 0 amide bonds. The molecule has 0 aliphatic carbocycles. The Morgan fingerprint density at radius 2 is 2.05 bits per heavy atom. The van der Waals surface area contributed by atoms with E-state index in [4.69, 9.17) is 9.84 Å². The Kier molecular flexibility index (Phi) is 4.13. The van der Waals surface area contributed by atoms with Crippen molar-refractivity contribution in [2.24, 2.45) is 5.41 Å². The summed E-state index contributed by atoms with van der Waals surface area (Å²) in [4.78, 5) is 0. The van der Waals surface area contributed by atoms with Crippen LogP contribution in [0, 0.1) is 5.41 Å². The lowest BCUT2D eigenvalue weighted by Gasteiger charge is -2.35. The van der Waals surface area contributed by atoms with Crippen LogP contribution >= 0.6 is 15.9 Å². The van der Waals surface area contributed by atoms with Gasteiger partial charge in [0.25, 0.3) is 0 Å². The van der Waals surface area contributed by atoms with E-state index in [0.717, 1.165) is 44.4 Å². The van der Waals surface area contributed by atoms with E-state index in [0.29, 0.717) is 5.41 Å². The molecule has 3 nitrogen and oxygen atoms in total. The van der Waals surface area contributed by atoms with Crippen molar-refractivity contribution >= 4 is 26.8 Å². The lowest BCUT2D eigenvalue weighted by molar-refractivity contribution is 0.0266. The number of para-hydroxylation sites is 1. The molecule has 0 spiro atoms. The average molecular weight is 337 g/mol. The first kappa shape index (κ1) is 14.1. The molecule has 1 saturated heterocycles.